The van der Waals surface area contributed by atoms with Crippen molar-refractivity contribution in [3.63, 3.8) is 0 Å². The lowest BCUT2D eigenvalue weighted by molar-refractivity contribution is -0.116. The van der Waals surface area contributed by atoms with E-state index in [2.05, 4.69) is 10.6 Å². The number of benzene rings is 3. The number of carbonyl (C=O) groups is 1. The maximum Gasteiger partial charge on any atom is 0.203 e. The molecule has 1 aliphatic heterocycles. The third-order valence-corrected chi connectivity index (χ3v) is 6.94. The van der Waals surface area contributed by atoms with Crippen LogP contribution in [0.4, 0.5) is 11.4 Å². The molecule has 36 heavy (non-hydrogen) atoms. The molecule has 1 heterocycles. The number of nitrogens with one attached hydrogen (secondary N) is 2. The normalized spacial score (nSPS) is 18.7. The quantitative estimate of drug-likeness (QED) is 0.463. The largest absolute Gasteiger partial charge is 0.497 e. The van der Waals surface area contributed by atoms with Gasteiger partial charge in [-0.25, -0.2) is 0 Å². The molecule has 0 radical (unpaired) electrons. The first-order valence-electron chi connectivity index (χ1n) is 11.9. The van der Waals surface area contributed by atoms with Gasteiger partial charge in [-0.15, -0.1) is 0 Å². The second kappa shape index (κ2) is 9.85. The van der Waals surface area contributed by atoms with Crippen molar-refractivity contribution in [2.45, 2.75) is 24.8 Å². The molecule has 186 valence electrons. The fraction of sp³-hybridized carbons (Fsp3) is 0.276. The highest BCUT2D eigenvalue weighted by Crippen LogP contribution is 2.49. The maximum absolute atomic E-state index is 13.8. The maximum atomic E-state index is 13.8. The molecule has 0 saturated carbocycles. The summed E-state index contributed by atoms with van der Waals surface area (Å²) in [5.74, 6) is 2.54. The molecule has 0 fully saturated rings. The van der Waals surface area contributed by atoms with Crippen molar-refractivity contribution in [1.29, 1.82) is 0 Å². The topological polar surface area (TPSA) is 78.1 Å². The minimum Gasteiger partial charge on any atom is -0.497 e. The lowest BCUT2D eigenvalue weighted by Gasteiger charge is -2.31. The molecule has 0 spiro atoms. The molecular weight excluding hydrogens is 456 g/mol. The van der Waals surface area contributed by atoms with E-state index in [4.69, 9.17) is 18.9 Å². The summed E-state index contributed by atoms with van der Waals surface area (Å²) in [5.41, 5.74) is 5.37. The van der Waals surface area contributed by atoms with Gasteiger partial charge in [-0.2, -0.15) is 0 Å². The van der Waals surface area contributed by atoms with Crippen LogP contribution in [-0.2, 0) is 4.79 Å². The van der Waals surface area contributed by atoms with Gasteiger partial charge in [0.05, 0.1) is 45.9 Å². The van der Waals surface area contributed by atoms with Gasteiger partial charge in [0.15, 0.2) is 17.3 Å². The molecule has 0 aromatic heterocycles. The Kier molecular flexibility index (Phi) is 6.46. The molecule has 0 amide bonds. The SMILES string of the molecule is COc1ccc([C@H]2CC(=O)C3=C(C2)Nc2ccccc2N[C@@H]3c2ccc(OC)c(OC)c2OC)cc1. The Morgan fingerprint density at radius 2 is 1.47 bits per heavy atom. The van der Waals surface area contributed by atoms with Gasteiger partial charge in [-0.1, -0.05) is 24.3 Å². The van der Waals surface area contributed by atoms with Crippen molar-refractivity contribution in [3.05, 3.63) is 83.1 Å². The number of fused-ring (bicyclic) bond motifs is 1. The smallest absolute Gasteiger partial charge is 0.203 e. The number of allylic oxidation sites excluding steroid dienone is 1. The van der Waals surface area contributed by atoms with Crippen LogP contribution < -0.4 is 29.6 Å². The molecule has 2 atom stereocenters. The number of ether oxygens (including phenoxy) is 4. The minimum absolute atomic E-state index is 0.0628. The standard InChI is InChI=1S/C29H30N2O5/c1-33-19-11-9-17(10-12-19)18-15-23-26(24(32)16-18)27(31-22-8-6-5-7-21(22)30-23)20-13-14-25(34-2)29(36-4)28(20)35-3/h5-14,18,27,30-31H,15-16H2,1-4H3/t18-,27-/m1/s1. The molecular formula is C29H30N2O5. The van der Waals surface area contributed by atoms with E-state index in [9.17, 15) is 4.79 Å². The number of rotatable bonds is 6. The highest BCUT2D eigenvalue weighted by atomic mass is 16.5. The first-order valence-corrected chi connectivity index (χ1v) is 11.9. The van der Waals surface area contributed by atoms with E-state index in [1.165, 1.54) is 0 Å². The summed E-state index contributed by atoms with van der Waals surface area (Å²) >= 11 is 0. The van der Waals surface area contributed by atoms with Crippen LogP contribution >= 0.6 is 0 Å². The second-order valence-electron chi connectivity index (χ2n) is 8.87. The molecule has 5 rings (SSSR count). The van der Waals surface area contributed by atoms with Gasteiger partial charge in [-0.05, 0) is 54.3 Å². The van der Waals surface area contributed by atoms with E-state index in [0.29, 0.717) is 35.7 Å². The highest BCUT2D eigenvalue weighted by Gasteiger charge is 2.38. The molecule has 0 unspecified atom stereocenters. The fourth-order valence-corrected chi connectivity index (χ4v) is 5.19. The zero-order valence-electron chi connectivity index (χ0n) is 20.9. The van der Waals surface area contributed by atoms with Crippen LogP contribution in [0.25, 0.3) is 0 Å². The van der Waals surface area contributed by atoms with Gasteiger partial charge in [0, 0.05) is 23.3 Å². The number of hydrogen-bond acceptors (Lipinski definition) is 7. The predicted molar refractivity (Wildman–Crippen MR) is 140 cm³/mol. The first-order chi connectivity index (χ1) is 17.6. The van der Waals surface area contributed by atoms with Crippen molar-refractivity contribution in [3.8, 4) is 23.0 Å². The third kappa shape index (κ3) is 4.11. The Labute approximate surface area is 211 Å². The first kappa shape index (κ1) is 23.6. The summed E-state index contributed by atoms with van der Waals surface area (Å²) in [6, 6.07) is 19.3. The average Bonchev–Trinajstić information content (AvgIpc) is 3.09. The van der Waals surface area contributed by atoms with E-state index in [1.54, 1.807) is 28.4 Å². The predicted octanol–water partition coefficient (Wildman–Crippen LogP) is 5.70. The molecule has 7 heteroatoms. The Morgan fingerprint density at radius 3 is 2.14 bits per heavy atom. The van der Waals surface area contributed by atoms with Gasteiger partial charge in [0.2, 0.25) is 5.75 Å². The van der Waals surface area contributed by atoms with Crippen LogP contribution in [0.2, 0.25) is 0 Å². The molecule has 3 aromatic rings. The number of Topliss-reactive ketones (excluding diaryl/α,β-unsaturated/α-hetero) is 1. The van der Waals surface area contributed by atoms with E-state index < -0.39 is 6.04 Å². The molecule has 2 aliphatic rings. The monoisotopic (exact) mass is 486 g/mol. The fourth-order valence-electron chi connectivity index (χ4n) is 5.19. The lowest BCUT2D eigenvalue weighted by Crippen LogP contribution is -2.27. The number of carbonyl (C=O) groups excluding carboxylic acids is 1. The van der Waals surface area contributed by atoms with Gasteiger partial charge in [0.25, 0.3) is 0 Å². The Bertz CT molecular complexity index is 1320. The van der Waals surface area contributed by atoms with Crippen LogP contribution in [0.1, 0.15) is 35.9 Å². The number of ketones is 1. The molecule has 3 aromatic carbocycles. The third-order valence-electron chi connectivity index (χ3n) is 6.94. The summed E-state index contributed by atoms with van der Waals surface area (Å²) in [6.45, 7) is 0. The van der Waals surface area contributed by atoms with E-state index >= 15 is 0 Å². The van der Waals surface area contributed by atoms with E-state index in [0.717, 1.165) is 33.9 Å². The summed E-state index contributed by atoms with van der Waals surface area (Å²) in [5, 5.41) is 7.18. The van der Waals surface area contributed by atoms with Crippen molar-refractivity contribution >= 4 is 17.2 Å². The molecule has 0 saturated heterocycles. The van der Waals surface area contributed by atoms with Crippen LogP contribution in [0, 0.1) is 0 Å². The summed E-state index contributed by atoms with van der Waals surface area (Å²) < 4.78 is 22.2. The Hall–Kier alpha value is -4.13. The van der Waals surface area contributed by atoms with Crippen molar-refractivity contribution in [1.82, 2.24) is 0 Å². The van der Waals surface area contributed by atoms with Gasteiger partial charge >= 0.3 is 0 Å². The molecule has 2 N–H and O–H groups in total. The number of anilines is 2. The Morgan fingerprint density at radius 1 is 0.750 bits per heavy atom. The van der Waals surface area contributed by atoms with E-state index in [1.807, 2.05) is 60.7 Å². The molecule has 0 bridgehead atoms. The zero-order chi connectivity index (χ0) is 25.2. The van der Waals surface area contributed by atoms with Gasteiger partial charge < -0.3 is 29.6 Å². The number of hydrogen-bond donors (Lipinski definition) is 2. The Balaban J connectivity index is 1.64. The summed E-state index contributed by atoms with van der Waals surface area (Å²) in [4.78, 5) is 13.8. The van der Waals surface area contributed by atoms with Crippen LogP contribution in [0.5, 0.6) is 23.0 Å². The van der Waals surface area contributed by atoms with Crippen LogP contribution in [0.3, 0.4) is 0 Å². The highest BCUT2D eigenvalue weighted by molar-refractivity contribution is 6.01. The second-order valence-corrected chi connectivity index (χ2v) is 8.87. The molecule has 7 nitrogen and oxygen atoms in total. The zero-order valence-corrected chi connectivity index (χ0v) is 20.9. The van der Waals surface area contributed by atoms with Gasteiger partial charge in [0.1, 0.15) is 5.75 Å². The van der Waals surface area contributed by atoms with Crippen molar-refractivity contribution < 1.29 is 23.7 Å². The van der Waals surface area contributed by atoms with E-state index in [-0.39, 0.29) is 11.7 Å². The summed E-state index contributed by atoms with van der Waals surface area (Å²) in [6.07, 6.45) is 1.12. The van der Waals surface area contributed by atoms with Crippen LogP contribution in [0.15, 0.2) is 71.9 Å². The van der Waals surface area contributed by atoms with Crippen LogP contribution in [-0.4, -0.2) is 34.2 Å². The van der Waals surface area contributed by atoms with Gasteiger partial charge in [-0.3, -0.25) is 4.79 Å². The summed E-state index contributed by atoms with van der Waals surface area (Å²) in [7, 11) is 6.42. The average molecular weight is 487 g/mol. The number of para-hydroxylation sites is 2. The minimum atomic E-state index is -0.435. The lowest BCUT2D eigenvalue weighted by atomic mass is 9.78. The number of methoxy groups -OCH3 is 4. The van der Waals surface area contributed by atoms with Crippen molar-refractivity contribution in [2.75, 3.05) is 39.1 Å². The van der Waals surface area contributed by atoms with Crippen molar-refractivity contribution in [2.24, 2.45) is 0 Å². The molecule has 1 aliphatic carbocycles.